The largest absolute Gasteiger partial charge is 0.502 e. The fraction of sp³-hybridized carbons (Fsp3) is 0.263. The van der Waals surface area contributed by atoms with Gasteiger partial charge in [0.25, 0.3) is 0 Å². The Morgan fingerprint density at radius 3 is 1.96 bits per heavy atom. The van der Waals surface area contributed by atoms with Crippen molar-refractivity contribution in [2.45, 2.75) is 20.3 Å². The number of carbonyl (C=O) groups excluding carboxylic acids is 2. The molecule has 0 radical (unpaired) electrons. The number of hydrogen-bond acceptors (Lipinski definition) is 5. The van der Waals surface area contributed by atoms with Crippen molar-refractivity contribution in [3.05, 3.63) is 67.0 Å². The van der Waals surface area contributed by atoms with Crippen LogP contribution in [0, 0.1) is 0 Å². The number of benzene rings is 1. The first kappa shape index (κ1) is 23.4. The summed E-state index contributed by atoms with van der Waals surface area (Å²) >= 11 is 0. The van der Waals surface area contributed by atoms with Crippen LogP contribution in [0.5, 0.6) is 0 Å². The second-order valence-electron chi connectivity index (χ2n) is 4.47. The smallest absolute Gasteiger partial charge is 0.372 e. The van der Waals surface area contributed by atoms with Crippen LogP contribution in [0.2, 0.25) is 0 Å². The summed E-state index contributed by atoms with van der Waals surface area (Å²) in [4.78, 5) is 20.5. The number of ether oxygens (including phenoxy) is 2. The highest BCUT2D eigenvalue weighted by atomic mass is 16.5. The molecule has 0 atom stereocenters. The number of methoxy groups -OCH3 is 1. The first-order valence-electron chi connectivity index (χ1n) is 7.26. The molecule has 0 saturated carbocycles. The molecule has 1 rings (SSSR count). The van der Waals surface area contributed by atoms with E-state index in [1.807, 2.05) is 43.3 Å². The molecule has 0 amide bonds. The van der Waals surface area contributed by atoms with Crippen molar-refractivity contribution >= 4 is 18.0 Å². The van der Waals surface area contributed by atoms with E-state index in [1.165, 1.54) is 12.7 Å². The zero-order valence-corrected chi connectivity index (χ0v) is 14.6. The topological polar surface area (TPSA) is 72.8 Å². The zero-order valence-electron chi connectivity index (χ0n) is 14.6. The Bertz CT molecular complexity index is 532. The molecule has 1 aromatic carbocycles. The van der Waals surface area contributed by atoms with Crippen molar-refractivity contribution in [3.8, 4) is 0 Å². The highest BCUT2D eigenvalue weighted by Gasteiger charge is 2.03. The Kier molecular flexibility index (Phi) is 14.7. The van der Waals surface area contributed by atoms with E-state index < -0.39 is 11.7 Å². The molecule has 0 unspecified atom stereocenters. The summed E-state index contributed by atoms with van der Waals surface area (Å²) in [5.74, 6) is -1.62. The standard InChI is InChI=1S/C8H8.C6H10O3.C5H8O2/c1-2-8-6-4-3-5-7-8;1-3-4-9-6(8)5(2)7;1-4(2)5(6)7-3/h2-7H,1H2;7H,2-4H2,1H3;1H2,2-3H3. The Hall–Kier alpha value is -2.82. The SMILES string of the molecule is C=C(C)C(=O)OC.C=C(O)C(=O)OCCC.C=Cc1ccccc1. The zero-order chi connectivity index (χ0) is 19.0. The molecule has 5 nitrogen and oxygen atoms in total. The Morgan fingerprint density at radius 2 is 1.71 bits per heavy atom. The van der Waals surface area contributed by atoms with Gasteiger partial charge in [0.1, 0.15) is 0 Å². The van der Waals surface area contributed by atoms with E-state index in [9.17, 15) is 9.59 Å². The third kappa shape index (κ3) is 14.1. The molecule has 0 bridgehead atoms. The number of esters is 2. The number of carbonyl (C=O) groups is 2. The highest BCUT2D eigenvalue weighted by molar-refractivity contribution is 5.86. The summed E-state index contributed by atoms with van der Waals surface area (Å²) in [5, 5.41) is 8.38. The van der Waals surface area contributed by atoms with Crippen molar-refractivity contribution < 1.29 is 24.2 Å². The third-order valence-corrected chi connectivity index (χ3v) is 2.24. The number of rotatable bonds is 5. The summed E-state index contributed by atoms with van der Waals surface area (Å²) < 4.78 is 8.74. The van der Waals surface area contributed by atoms with Crippen molar-refractivity contribution in [2.75, 3.05) is 13.7 Å². The normalized spacial score (nSPS) is 8.29. The first-order chi connectivity index (χ1) is 11.3. The second kappa shape index (κ2) is 15.1. The predicted octanol–water partition coefficient (Wildman–Crippen LogP) is 4.08. The van der Waals surface area contributed by atoms with Crippen LogP contribution >= 0.6 is 0 Å². The lowest BCUT2D eigenvalue weighted by Gasteiger charge is -1.98. The molecule has 132 valence electrons. The van der Waals surface area contributed by atoms with Crippen LogP contribution in [0.3, 0.4) is 0 Å². The van der Waals surface area contributed by atoms with E-state index in [-0.39, 0.29) is 5.97 Å². The van der Waals surface area contributed by atoms with Gasteiger partial charge < -0.3 is 14.6 Å². The lowest BCUT2D eigenvalue weighted by molar-refractivity contribution is -0.142. The van der Waals surface area contributed by atoms with E-state index >= 15 is 0 Å². The summed E-state index contributed by atoms with van der Waals surface area (Å²) in [7, 11) is 1.33. The van der Waals surface area contributed by atoms with Gasteiger partial charge >= 0.3 is 11.9 Å². The monoisotopic (exact) mass is 334 g/mol. The lowest BCUT2D eigenvalue weighted by Crippen LogP contribution is -2.06. The van der Waals surface area contributed by atoms with Gasteiger partial charge in [-0.05, 0) is 25.5 Å². The van der Waals surface area contributed by atoms with Crippen LogP contribution in [0.25, 0.3) is 6.08 Å². The van der Waals surface area contributed by atoms with Crippen LogP contribution in [0.4, 0.5) is 0 Å². The fourth-order valence-electron chi connectivity index (χ4n) is 1.04. The summed E-state index contributed by atoms with van der Waals surface area (Å²) in [5.41, 5.74) is 1.61. The lowest BCUT2D eigenvalue weighted by atomic mass is 10.2. The number of aliphatic hydroxyl groups is 1. The predicted molar refractivity (Wildman–Crippen MR) is 96.4 cm³/mol. The second-order valence-corrected chi connectivity index (χ2v) is 4.47. The molecule has 1 N–H and O–H groups in total. The average Bonchev–Trinajstić information content (AvgIpc) is 2.60. The first-order valence-corrected chi connectivity index (χ1v) is 7.26. The minimum atomic E-state index is -0.739. The fourth-order valence-corrected chi connectivity index (χ4v) is 1.04. The van der Waals surface area contributed by atoms with Gasteiger partial charge in [0.05, 0.1) is 13.7 Å². The van der Waals surface area contributed by atoms with Gasteiger partial charge in [-0.15, -0.1) is 0 Å². The highest BCUT2D eigenvalue weighted by Crippen LogP contribution is 1.97. The molecule has 0 aliphatic rings. The van der Waals surface area contributed by atoms with Crippen molar-refractivity contribution in [1.82, 2.24) is 0 Å². The van der Waals surface area contributed by atoms with Crippen LogP contribution < -0.4 is 0 Å². The van der Waals surface area contributed by atoms with Gasteiger partial charge in [-0.1, -0.05) is 56.5 Å². The molecule has 0 aliphatic heterocycles. The van der Waals surface area contributed by atoms with Gasteiger partial charge in [-0.2, -0.15) is 0 Å². The molecule has 0 heterocycles. The molecule has 1 aromatic rings. The molecule has 5 heteroatoms. The Labute approximate surface area is 143 Å². The van der Waals surface area contributed by atoms with E-state index in [0.29, 0.717) is 12.2 Å². The van der Waals surface area contributed by atoms with Crippen LogP contribution in [-0.2, 0) is 19.1 Å². The molecule has 0 saturated heterocycles. The molecular formula is C19H26O5. The Balaban J connectivity index is 0. The Morgan fingerprint density at radius 1 is 1.17 bits per heavy atom. The minimum Gasteiger partial charge on any atom is -0.502 e. The van der Waals surface area contributed by atoms with Gasteiger partial charge in [0, 0.05) is 5.57 Å². The van der Waals surface area contributed by atoms with Crippen LogP contribution in [0.1, 0.15) is 25.8 Å². The van der Waals surface area contributed by atoms with Crippen molar-refractivity contribution in [1.29, 1.82) is 0 Å². The summed E-state index contributed by atoms with van der Waals surface area (Å²) in [6, 6.07) is 10.0. The average molecular weight is 334 g/mol. The summed E-state index contributed by atoms with van der Waals surface area (Å²) in [6.45, 7) is 13.8. The van der Waals surface area contributed by atoms with Gasteiger partial charge in [0.15, 0.2) is 5.76 Å². The number of hydrogen-bond donors (Lipinski definition) is 1. The quantitative estimate of drug-likeness (QED) is 0.499. The van der Waals surface area contributed by atoms with E-state index in [0.717, 1.165) is 6.42 Å². The number of aliphatic hydroxyl groups excluding tert-OH is 1. The van der Waals surface area contributed by atoms with Crippen LogP contribution in [0.15, 0.2) is 61.4 Å². The van der Waals surface area contributed by atoms with Gasteiger partial charge in [-0.3, -0.25) is 0 Å². The van der Waals surface area contributed by atoms with Crippen LogP contribution in [-0.4, -0.2) is 30.8 Å². The van der Waals surface area contributed by atoms with E-state index in [4.69, 9.17) is 5.11 Å². The molecule has 0 fully saturated rings. The molecule has 0 spiro atoms. The van der Waals surface area contributed by atoms with Gasteiger partial charge in [0.2, 0.25) is 0 Å². The van der Waals surface area contributed by atoms with Crippen molar-refractivity contribution in [3.63, 3.8) is 0 Å². The van der Waals surface area contributed by atoms with E-state index in [1.54, 1.807) is 6.92 Å². The molecule has 24 heavy (non-hydrogen) atoms. The summed E-state index contributed by atoms with van der Waals surface area (Å²) in [6.07, 6.45) is 2.58. The van der Waals surface area contributed by atoms with Gasteiger partial charge in [-0.25, -0.2) is 9.59 Å². The maximum absolute atomic E-state index is 10.3. The minimum absolute atomic E-state index is 0.332. The van der Waals surface area contributed by atoms with E-state index in [2.05, 4.69) is 29.2 Å². The molecule has 0 aromatic heterocycles. The maximum Gasteiger partial charge on any atom is 0.372 e. The third-order valence-electron chi connectivity index (χ3n) is 2.24. The molecular weight excluding hydrogens is 308 g/mol. The molecule has 0 aliphatic carbocycles. The van der Waals surface area contributed by atoms with Crippen molar-refractivity contribution in [2.24, 2.45) is 0 Å². The maximum atomic E-state index is 10.3.